The summed E-state index contributed by atoms with van der Waals surface area (Å²) >= 11 is 0. The van der Waals surface area contributed by atoms with Gasteiger partial charge in [-0.15, -0.1) is 0 Å². The monoisotopic (exact) mass is 329 g/mol. The van der Waals surface area contributed by atoms with Crippen molar-refractivity contribution in [2.45, 2.75) is 0 Å². The van der Waals surface area contributed by atoms with Crippen LogP contribution in [0.1, 0.15) is 10.5 Å². The van der Waals surface area contributed by atoms with Crippen LogP contribution >= 0.6 is 8.45 Å². The Kier molecular flexibility index (Phi) is 5.47. The highest BCUT2D eigenvalue weighted by Gasteiger charge is 2.27. The van der Waals surface area contributed by atoms with E-state index in [1.165, 1.54) is 16.8 Å². The molecule has 1 N–H and O–H groups in total. The van der Waals surface area contributed by atoms with E-state index in [1.54, 1.807) is 7.05 Å². The highest BCUT2D eigenvalue weighted by Crippen LogP contribution is 2.46. The number of rotatable bonds is 6. The van der Waals surface area contributed by atoms with Gasteiger partial charge in [-0.2, -0.15) is 0 Å². The molecule has 1 saturated heterocycles. The summed E-state index contributed by atoms with van der Waals surface area (Å²) in [4.78, 5) is 22.2. The normalized spacial score (nSPS) is 17.0. The van der Waals surface area contributed by atoms with E-state index in [1.807, 2.05) is 14.1 Å². The molecule has 1 fully saturated rings. The zero-order chi connectivity index (χ0) is 16.3. The Labute approximate surface area is 129 Å². The van der Waals surface area contributed by atoms with Gasteiger partial charge in [0.25, 0.3) is 11.6 Å². The largest absolute Gasteiger partial charge is 0.348 e. The van der Waals surface area contributed by atoms with Gasteiger partial charge in [-0.1, -0.05) is 0 Å². The van der Waals surface area contributed by atoms with Crippen molar-refractivity contribution in [1.82, 2.24) is 19.2 Å². The number of nitrogens with one attached hydrogen (secondary N) is 1. The van der Waals surface area contributed by atoms with Crippen molar-refractivity contribution < 1.29 is 14.2 Å². The Morgan fingerprint density at radius 2 is 2.05 bits per heavy atom. The summed E-state index contributed by atoms with van der Waals surface area (Å²) in [7, 11) is 4.88. The van der Waals surface area contributed by atoms with Gasteiger partial charge >= 0.3 is 0 Å². The first kappa shape index (κ1) is 16.8. The van der Waals surface area contributed by atoms with Crippen molar-refractivity contribution in [1.29, 1.82) is 0 Å². The number of aryl methyl sites for hydroxylation is 1. The molecule has 9 nitrogen and oxygen atoms in total. The van der Waals surface area contributed by atoms with Gasteiger partial charge in [-0.05, 0) is 14.1 Å². The fourth-order valence-electron chi connectivity index (χ4n) is 2.17. The molecule has 1 aliphatic heterocycles. The van der Waals surface area contributed by atoms with Crippen LogP contribution < -0.4 is 5.32 Å². The lowest BCUT2D eigenvalue weighted by Crippen LogP contribution is -2.29. The molecule has 0 aliphatic carbocycles. The number of hydrogen-bond acceptors (Lipinski definition) is 6. The number of carbonyl (C=O) groups excluding carboxylic acids is 1. The molecule has 22 heavy (non-hydrogen) atoms. The topological polar surface area (TPSA) is 92.9 Å². The molecular formula is C12H20N5O4P. The summed E-state index contributed by atoms with van der Waals surface area (Å²) < 4.78 is 11.5. The van der Waals surface area contributed by atoms with Crippen molar-refractivity contribution in [3.63, 3.8) is 0 Å². The summed E-state index contributed by atoms with van der Waals surface area (Å²) in [6.45, 7) is 2.71. The van der Waals surface area contributed by atoms with E-state index in [-0.39, 0.29) is 17.3 Å². The highest BCUT2D eigenvalue weighted by molar-refractivity contribution is 7.47. The molecule has 0 bridgehead atoms. The van der Waals surface area contributed by atoms with Crippen LogP contribution in [0.5, 0.6) is 0 Å². The predicted molar refractivity (Wildman–Crippen MR) is 82.5 cm³/mol. The maximum atomic E-state index is 12.0. The molecule has 1 aliphatic rings. The van der Waals surface area contributed by atoms with Gasteiger partial charge in [-0.25, -0.2) is 9.34 Å². The Balaban J connectivity index is 1.79. The highest BCUT2D eigenvalue weighted by atomic mass is 31.2. The SMILES string of the molecule is CN1CCN(C)P1OCCNC(=O)c1cc([N+](=O)[O-])cn1C. The number of nitrogens with zero attached hydrogens (tertiary/aromatic N) is 4. The molecular weight excluding hydrogens is 309 g/mol. The average Bonchev–Trinajstić information content (AvgIpc) is 3.00. The lowest BCUT2D eigenvalue weighted by atomic mass is 10.4. The van der Waals surface area contributed by atoms with Gasteiger partial charge in [0.2, 0.25) is 0 Å². The third-order valence-corrected chi connectivity index (χ3v) is 5.34. The van der Waals surface area contributed by atoms with Crippen LogP contribution in [0.2, 0.25) is 0 Å². The van der Waals surface area contributed by atoms with Crippen LogP contribution in [0, 0.1) is 10.1 Å². The number of nitro groups is 1. The van der Waals surface area contributed by atoms with E-state index in [9.17, 15) is 14.9 Å². The number of hydrogen-bond donors (Lipinski definition) is 1. The molecule has 10 heteroatoms. The van der Waals surface area contributed by atoms with Gasteiger partial charge in [0.1, 0.15) is 5.69 Å². The molecule has 1 aromatic heterocycles. The summed E-state index contributed by atoms with van der Waals surface area (Å²) in [6.07, 6.45) is 1.32. The van der Waals surface area contributed by atoms with E-state index in [0.717, 1.165) is 13.1 Å². The van der Waals surface area contributed by atoms with E-state index in [0.29, 0.717) is 13.2 Å². The molecule has 2 heterocycles. The smallest absolute Gasteiger partial charge is 0.287 e. The second kappa shape index (κ2) is 7.15. The third-order valence-electron chi connectivity index (χ3n) is 3.36. The van der Waals surface area contributed by atoms with Crippen molar-refractivity contribution in [2.24, 2.45) is 7.05 Å². The van der Waals surface area contributed by atoms with Gasteiger partial charge in [0.15, 0.2) is 8.45 Å². The molecule has 0 aromatic carbocycles. The van der Waals surface area contributed by atoms with Crippen LogP contribution in [0.25, 0.3) is 0 Å². The quantitative estimate of drug-likeness (QED) is 0.359. The summed E-state index contributed by atoms with van der Waals surface area (Å²) in [5, 5.41) is 13.4. The lowest BCUT2D eigenvalue weighted by Gasteiger charge is -2.23. The average molecular weight is 329 g/mol. The Bertz CT molecular complexity index is 554. The third kappa shape index (κ3) is 3.80. The first-order valence-electron chi connectivity index (χ1n) is 6.84. The number of likely N-dealkylation sites (N-methyl/N-ethyl adjacent to an activating group) is 2. The van der Waals surface area contributed by atoms with Gasteiger partial charge in [-0.3, -0.25) is 14.9 Å². The Morgan fingerprint density at radius 3 is 2.59 bits per heavy atom. The first-order chi connectivity index (χ1) is 10.4. The van der Waals surface area contributed by atoms with Crippen molar-refractivity contribution in [3.8, 4) is 0 Å². The number of amides is 1. The minimum atomic E-state index is -0.743. The van der Waals surface area contributed by atoms with Crippen LogP contribution in [-0.4, -0.2) is 65.1 Å². The zero-order valence-electron chi connectivity index (χ0n) is 12.9. The molecule has 0 unspecified atom stereocenters. The number of carbonyl (C=O) groups is 1. The molecule has 1 amide bonds. The second-order valence-electron chi connectivity index (χ2n) is 5.06. The Morgan fingerprint density at radius 1 is 1.41 bits per heavy atom. The second-order valence-corrected chi connectivity index (χ2v) is 7.19. The molecule has 1 aromatic rings. The standard InChI is InChI=1S/C12H20N5O4P/c1-14-9-10(17(19)20)8-11(14)12(18)13-4-7-21-22-15(2)5-6-16(22)3/h8-9H,4-7H2,1-3H3,(H,13,18). The Hall–Kier alpha value is -1.54. The molecule has 0 saturated carbocycles. The fourth-order valence-corrected chi connectivity index (χ4v) is 3.86. The van der Waals surface area contributed by atoms with E-state index < -0.39 is 13.4 Å². The van der Waals surface area contributed by atoms with Crippen molar-refractivity contribution >= 4 is 20.0 Å². The van der Waals surface area contributed by atoms with Crippen molar-refractivity contribution in [3.05, 3.63) is 28.1 Å². The van der Waals surface area contributed by atoms with Crippen LogP contribution in [-0.2, 0) is 11.6 Å². The van der Waals surface area contributed by atoms with E-state index >= 15 is 0 Å². The lowest BCUT2D eigenvalue weighted by molar-refractivity contribution is -0.384. The molecule has 122 valence electrons. The molecule has 0 atom stereocenters. The van der Waals surface area contributed by atoms with Crippen LogP contribution in [0.15, 0.2) is 12.3 Å². The van der Waals surface area contributed by atoms with Crippen molar-refractivity contribution in [2.75, 3.05) is 40.3 Å². The maximum Gasteiger partial charge on any atom is 0.287 e. The van der Waals surface area contributed by atoms with E-state index in [4.69, 9.17) is 4.52 Å². The summed E-state index contributed by atoms with van der Waals surface area (Å²) in [5.74, 6) is -0.347. The minimum Gasteiger partial charge on any atom is -0.348 e. The minimum absolute atomic E-state index is 0.0958. The van der Waals surface area contributed by atoms with Gasteiger partial charge < -0.3 is 14.4 Å². The predicted octanol–water partition coefficient (Wildman–Crippen LogP) is 0.784. The van der Waals surface area contributed by atoms with Crippen LogP contribution in [0.4, 0.5) is 5.69 Å². The van der Waals surface area contributed by atoms with Crippen LogP contribution in [0.3, 0.4) is 0 Å². The van der Waals surface area contributed by atoms with Gasteiger partial charge in [0.05, 0.1) is 17.7 Å². The summed E-state index contributed by atoms with van der Waals surface area (Å²) in [5.41, 5.74) is 0.161. The fraction of sp³-hybridized carbons (Fsp3) is 0.583. The molecule has 0 radical (unpaired) electrons. The molecule has 0 spiro atoms. The first-order valence-corrected chi connectivity index (χ1v) is 8.00. The zero-order valence-corrected chi connectivity index (χ0v) is 13.7. The van der Waals surface area contributed by atoms with E-state index in [2.05, 4.69) is 14.7 Å². The van der Waals surface area contributed by atoms with Gasteiger partial charge in [0, 0.05) is 32.7 Å². The maximum absolute atomic E-state index is 12.0. The summed E-state index contributed by atoms with van der Waals surface area (Å²) in [6, 6.07) is 1.26. The molecule has 2 rings (SSSR count). The number of aromatic nitrogens is 1.